The van der Waals surface area contributed by atoms with Crippen LogP contribution in [0.5, 0.6) is 0 Å². The van der Waals surface area contributed by atoms with Crippen LogP contribution in [-0.4, -0.2) is 32.2 Å². The Morgan fingerprint density at radius 2 is 1.76 bits per heavy atom. The molecule has 0 radical (unpaired) electrons. The first-order valence-corrected chi connectivity index (χ1v) is 13.2. The van der Waals surface area contributed by atoms with Gasteiger partial charge < -0.3 is 9.84 Å². The fourth-order valence-corrected chi connectivity index (χ4v) is 6.43. The molecule has 5 aromatic rings. The first kappa shape index (κ1) is 24.7. The maximum atomic E-state index is 12.6. The van der Waals surface area contributed by atoms with Crippen LogP contribution in [0.2, 0.25) is 0 Å². The number of hydrogen-bond donors (Lipinski definition) is 2. The number of nitrogens with zero attached hydrogens (tertiary/aromatic N) is 3. The minimum absolute atomic E-state index is 0.0161. The summed E-state index contributed by atoms with van der Waals surface area (Å²) in [5.74, 6) is -0.374. The number of ether oxygens (including phenoxy) is 1. The molecule has 3 heterocycles. The molecule has 0 saturated carbocycles. The van der Waals surface area contributed by atoms with Gasteiger partial charge in [0.2, 0.25) is 0 Å². The van der Waals surface area contributed by atoms with Crippen molar-refractivity contribution in [3.63, 3.8) is 0 Å². The van der Waals surface area contributed by atoms with Crippen molar-refractivity contribution in [1.29, 1.82) is 0 Å². The Kier molecular flexibility index (Phi) is 6.77. The highest BCUT2D eigenvalue weighted by atomic mass is 32.1. The largest absolute Gasteiger partial charge is 0.481 e. The van der Waals surface area contributed by atoms with Crippen molar-refractivity contribution in [3.8, 4) is 21.0 Å². The summed E-state index contributed by atoms with van der Waals surface area (Å²) in [5.41, 5.74) is 4.31. The van der Waals surface area contributed by atoms with Crippen LogP contribution in [0.4, 0.5) is 10.6 Å². The summed E-state index contributed by atoms with van der Waals surface area (Å²) >= 11 is 3.23. The molecule has 1 amide bonds. The SMILES string of the molecule is Cc1cc(-c2cc3sc(-c4nnn(C)c4NC(=O)O[C@H](C)c4ccccc4)cc3s2)ccc1CC(=O)O. The first-order valence-electron chi connectivity index (χ1n) is 11.6. The Hall–Kier alpha value is -4.02. The lowest BCUT2D eigenvalue weighted by Gasteiger charge is -2.14. The van der Waals surface area contributed by atoms with Gasteiger partial charge in [-0.05, 0) is 48.2 Å². The highest BCUT2D eigenvalue weighted by Gasteiger charge is 2.21. The zero-order valence-corrected chi connectivity index (χ0v) is 22.0. The maximum Gasteiger partial charge on any atom is 0.413 e. The lowest BCUT2D eigenvalue weighted by Crippen LogP contribution is -2.18. The number of carbonyl (C=O) groups excluding carboxylic acids is 1. The Bertz CT molecular complexity index is 1570. The van der Waals surface area contributed by atoms with Crippen LogP contribution in [0.1, 0.15) is 29.7 Å². The minimum atomic E-state index is -0.836. The van der Waals surface area contributed by atoms with E-state index in [0.717, 1.165) is 41.4 Å². The molecular weight excluding hydrogens is 508 g/mol. The highest BCUT2D eigenvalue weighted by Crippen LogP contribution is 2.43. The quantitative estimate of drug-likeness (QED) is 0.242. The Balaban J connectivity index is 1.35. The summed E-state index contributed by atoms with van der Waals surface area (Å²) < 4.78 is 9.27. The van der Waals surface area contributed by atoms with Gasteiger partial charge >= 0.3 is 12.1 Å². The van der Waals surface area contributed by atoms with Crippen molar-refractivity contribution in [2.75, 3.05) is 5.32 Å². The molecule has 3 aromatic heterocycles. The zero-order chi connectivity index (χ0) is 26.1. The van der Waals surface area contributed by atoms with Crippen LogP contribution in [0.3, 0.4) is 0 Å². The third-order valence-corrected chi connectivity index (χ3v) is 8.36. The van der Waals surface area contributed by atoms with E-state index in [-0.39, 0.29) is 6.42 Å². The van der Waals surface area contributed by atoms with Gasteiger partial charge in [-0.15, -0.1) is 27.8 Å². The van der Waals surface area contributed by atoms with Gasteiger partial charge in [0.1, 0.15) is 11.8 Å². The molecule has 0 bridgehead atoms. The van der Waals surface area contributed by atoms with Gasteiger partial charge in [-0.1, -0.05) is 53.7 Å². The molecule has 0 unspecified atom stereocenters. The highest BCUT2D eigenvalue weighted by molar-refractivity contribution is 7.31. The van der Waals surface area contributed by atoms with E-state index in [1.165, 1.54) is 4.68 Å². The zero-order valence-electron chi connectivity index (χ0n) is 20.4. The first-order chi connectivity index (χ1) is 17.8. The third kappa shape index (κ3) is 5.25. The van der Waals surface area contributed by atoms with Gasteiger partial charge in [0.15, 0.2) is 5.82 Å². The molecule has 0 aliphatic heterocycles. The van der Waals surface area contributed by atoms with Crippen molar-refractivity contribution >= 4 is 50.0 Å². The van der Waals surface area contributed by atoms with Crippen LogP contribution in [0, 0.1) is 6.92 Å². The number of fused-ring (bicyclic) bond motifs is 1. The van der Waals surface area contributed by atoms with Gasteiger partial charge in [-0.25, -0.2) is 9.48 Å². The van der Waals surface area contributed by atoms with Crippen molar-refractivity contribution in [3.05, 3.63) is 77.4 Å². The molecular formula is C27H24N4O4S2. The second kappa shape index (κ2) is 10.2. The summed E-state index contributed by atoms with van der Waals surface area (Å²) in [4.78, 5) is 25.7. The maximum absolute atomic E-state index is 12.6. The molecule has 0 aliphatic carbocycles. The summed E-state index contributed by atoms with van der Waals surface area (Å²) in [6.45, 7) is 3.76. The molecule has 2 N–H and O–H groups in total. The predicted octanol–water partition coefficient (Wildman–Crippen LogP) is 6.67. The van der Waals surface area contributed by atoms with Crippen molar-refractivity contribution in [2.45, 2.75) is 26.4 Å². The number of aliphatic carboxylic acids is 1. The molecule has 8 nitrogen and oxygen atoms in total. The number of aryl methyl sites for hydroxylation is 2. The molecule has 2 aromatic carbocycles. The van der Waals surface area contributed by atoms with Crippen LogP contribution >= 0.6 is 22.7 Å². The Morgan fingerprint density at radius 1 is 1.05 bits per heavy atom. The van der Waals surface area contributed by atoms with Gasteiger partial charge in [0.05, 0.1) is 11.3 Å². The molecule has 10 heteroatoms. The summed E-state index contributed by atoms with van der Waals surface area (Å²) in [6.07, 6.45) is -0.967. The number of carbonyl (C=O) groups is 2. The number of rotatable bonds is 7. The van der Waals surface area contributed by atoms with Crippen molar-refractivity contribution in [1.82, 2.24) is 15.0 Å². The van der Waals surface area contributed by atoms with Gasteiger partial charge in [-0.2, -0.15) is 0 Å². The van der Waals surface area contributed by atoms with Crippen LogP contribution < -0.4 is 5.32 Å². The van der Waals surface area contributed by atoms with Crippen molar-refractivity contribution < 1.29 is 19.4 Å². The molecule has 0 aliphatic rings. The number of amides is 1. The van der Waals surface area contributed by atoms with Gasteiger partial charge in [0.25, 0.3) is 0 Å². The number of carboxylic acids is 1. The minimum Gasteiger partial charge on any atom is -0.481 e. The van der Waals surface area contributed by atoms with E-state index < -0.39 is 18.2 Å². The van der Waals surface area contributed by atoms with E-state index >= 15 is 0 Å². The fourth-order valence-electron chi connectivity index (χ4n) is 4.05. The molecule has 0 saturated heterocycles. The van der Waals surface area contributed by atoms with E-state index in [1.54, 1.807) is 29.7 Å². The average Bonchev–Trinajstić information content (AvgIpc) is 3.54. The molecule has 0 fully saturated rings. The Morgan fingerprint density at radius 3 is 2.46 bits per heavy atom. The molecule has 5 rings (SSSR count). The molecule has 0 spiro atoms. The second-order valence-corrected chi connectivity index (χ2v) is 10.8. The third-order valence-electron chi connectivity index (χ3n) is 6.01. The molecule has 188 valence electrons. The average molecular weight is 533 g/mol. The van der Waals surface area contributed by atoms with Crippen LogP contribution in [0.25, 0.3) is 30.4 Å². The number of thiophene rings is 2. The van der Waals surface area contributed by atoms with E-state index in [2.05, 4.69) is 21.7 Å². The number of aromatic nitrogens is 3. The standard InChI is InChI=1S/C27H24N4O4S2/c1-15-11-19(10-9-18(15)12-24(32)33)20-13-21-22(36-20)14-23(37-21)25-26(31(3)30-29-25)28-27(34)35-16(2)17-7-5-4-6-8-17/h4-11,13-14,16H,12H2,1-3H3,(H,28,34)(H,32,33)/t16-/m1/s1. The fraction of sp³-hybridized carbons (Fsp3) is 0.185. The number of hydrogen-bond acceptors (Lipinski definition) is 7. The summed E-state index contributed by atoms with van der Waals surface area (Å²) in [7, 11) is 1.72. The lowest BCUT2D eigenvalue weighted by atomic mass is 10.0. The van der Waals surface area contributed by atoms with Crippen LogP contribution in [0.15, 0.2) is 60.7 Å². The summed E-state index contributed by atoms with van der Waals surface area (Å²) in [5, 5.41) is 20.3. The number of nitrogens with one attached hydrogen (secondary N) is 1. The van der Waals surface area contributed by atoms with Gasteiger partial charge in [-0.3, -0.25) is 10.1 Å². The van der Waals surface area contributed by atoms with E-state index in [0.29, 0.717) is 11.5 Å². The number of carboxylic acid groups (broad SMARTS) is 1. The topological polar surface area (TPSA) is 106 Å². The van der Waals surface area contributed by atoms with E-state index in [1.807, 2.05) is 68.4 Å². The summed E-state index contributed by atoms with van der Waals surface area (Å²) in [6, 6.07) is 19.6. The number of anilines is 1. The van der Waals surface area contributed by atoms with E-state index in [9.17, 15) is 9.59 Å². The van der Waals surface area contributed by atoms with Crippen molar-refractivity contribution in [2.24, 2.45) is 7.05 Å². The van der Waals surface area contributed by atoms with Crippen LogP contribution in [-0.2, 0) is 23.0 Å². The number of benzene rings is 2. The predicted molar refractivity (Wildman–Crippen MR) is 146 cm³/mol. The molecule has 37 heavy (non-hydrogen) atoms. The normalized spacial score (nSPS) is 12.0. The van der Waals surface area contributed by atoms with Gasteiger partial charge in [0, 0.05) is 21.3 Å². The smallest absolute Gasteiger partial charge is 0.413 e. The monoisotopic (exact) mass is 532 g/mol. The molecule has 1 atom stereocenters. The lowest BCUT2D eigenvalue weighted by molar-refractivity contribution is -0.136. The second-order valence-electron chi connectivity index (χ2n) is 8.66. The van der Waals surface area contributed by atoms with E-state index in [4.69, 9.17) is 9.84 Å². The Labute approximate surface area is 221 Å².